The van der Waals surface area contributed by atoms with Crippen LogP contribution in [0.15, 0.2) is 4.99 Å². The molecule has 3 nitrogen and oxygen atoms in total. The molecule has 2 aliphatic carbocycles. The van der Waals surface area contributed by atoms with E-state index in [0.29, 0.717) is 18.3 Å². The van der Waals surface area contributed by atoms with Crippen molar-refractivity contribution in [2.75, 3.05) is 6.54 Å². The van der Waals surface area contributed by atoms with E-state index >= 15 is 0 Å². The molecule has 0 spiro atoms. The summed E-state index contributed by atoms with van der Waals surface area (Å²) in [5.74, 6) is 0.466. The summed E-state index contributed by atoms with van der Waals surface area (Å²) in [6, 6.07) is -0.157. The molecular weight excluding hydrogens is 200 g/mol. The maximum Gasteiger partial charge on any atom is 0.243 e. The SMILES string of the molecule is NC(=NCC1CCC1)N[C@H]1C[C@@H]1C(F)F. The van der Waals surface area contributed by atoms with Crippen molar-refractivity contribution in [2.45, 2.75) is 38.2 Å². The Labute approximate surface area is 88.1 Å². The van der Waals surface area contributed by atoms with Crippen LogP contribution in [0.2, 0.25) is 0 Å². The van der Waals surface area contributed by atoms with E-state index in [1.165, 1.54) is 19.3 Å². The molecule has 2 atom stereocenters. The Morgan fingerprint density at radius 1 is 1.47 bits per heavy atom. The van der Waals surface area contributed by atoms with Crippen molar-refractivity contribution in [2.24, 2.45) is 22.6 Å². The number of guanidine groups is 1. The van der Waals surface area contributed by atoms with Crippen LogP contribution in [0.5, 0.6) is 0 Å². The number of rotatable bonds is 4. The Morgan fingerprint density at radius 2 is 2.20 bits per heavy atom. The summed E-state index contributed by atoms with van der Waals surface area (Å²) >= 11 is 0. The van der Waals surface area contributed by atoms with Crippen LogP contribution < -0.4 is 11.1 Å². The van der Waals surface area contributed by atoms with E-state index in [0.717, 1.165) is 6.54 Å². The van der Waals surface area contributed by atoms with Gasteiger partial charge in [-0.1, -0.05) is 6.42 Å². The van der Waals surface area contributed by atoms with Crippen molar-refractivity contribution < 1.29 is 8.78 Å². The summed E-state index contributed by atoms with van der Waals surface area (Å²) in [6.45, 7) is 0.741. The summed E-state index contributed by atoms with van der Waals surface area (Å²) in [6.07, 6.45) is 2.00. The van der Waals surface area contributed by atoms with Gasteiger partial charge >= 0.3 is 0 Å². The molecule has 0 saturated heterocycles. The summed E-state index contributed by atoms with van der Waals surface area (Å²) in [5.41, 5.74) is 5.60. The van der Waals surface area contributed by atoms with Crippen LogP contribution >= 0.6 is 0 Å². The van der Waals surface area contributed by atoms with Gasteiger partial charge in [-0.3, -0.25) is 4.99 Å². The number of nitrogens with two attached hydrogens (primary N) is 1. The zero-order valence-electron chi connectivity index (χ0n) is 8.63. The molecule has 0 radical (unpaired) electrons. The van der Waals surface area contributed by atoms with Crippen molar-refractivity contribution in [3.63, 3.8) is 0 Å². The fourth-order valence-electron chi connectivity index (χ4n) is 1.80. The van der Waals surface area contributed by atoms with Gasteiger partial charge in [0.15, 0.2) is 5.96 Å². The van der Waals surface area contributed by atoms with Crippen molar-refractivity contribution in [1.29, 1.82) is 0 Å². The lowest BCUT2D eigenvalue weighted by Crippen LogP contribution is -2.35. The predicted octanol–water partition coefficient (Wildman–Crippen LogP) is 1.34. The van der Waals surface area contributed by atoms with E-state index in [-0.39, 0.29) is 6.04 Å². The van der Waals surface area contributed by atoms with Gasteiger partial charge in [-0.05, 0) is 25.2 Å². The third-order valence-corrected chi connectivity index (χ3v) is 3.24. The lowest BCUT2D eigenvalue weighted by atomic mass is 9.86. The number of alkyl halides is 2. The second-order valence-corrected chi connectivity index (χ2v) is 4.51. The van der Waals surface area contributed by atoms with Crippen LogP contribution in [0.4, 0.5) is 8.78 Å². The molecular formula is C10H17F2N3. The number of aliphatic imine (C=N–C) groups is 1. The minimum atomic E-state index is -2.23. The van der Waals surface area contributed by atoms with E-state index in [9.17, 15) is 8.78 Å². The Morgan fingerprint density at radius 3 is 2.67 bits per heavy atom. The van der Waals surface area contributed by atoms with Gasteiger partial charge in [-0.15, -0.1) is 0 Å². The quantitative estimate of drug-likeness (QED) is 0.551. The van der Waals surface area contributed by atoms with Gasteiger partial charge in [-0.2, -0.15) is 0 Å². The first-order valence-electron chi connectivity index (χ1n) is 5.51. The fraction of sp³-hybridized carbons (Fsp3) is 0.900. The molecule has 0 aromatic carbocycles. The third-order valence-electron chi connectivity index (χ3n) is 3.24. The van der Waals surface area contributed by atoms with E-state index in [4.69, 9.17) is 5.73 Å². The van der Waals surface area contributed by atoms with Gasteiger partial charge in [0.2, 0.25) is 6.43 Å². The zero-order valence-corrected chi connectivity index (χ0v) is 8.63. The van der Waals surface area contributed by atoms with Crippen LogP contribution in [-0.2, 0) is 0 Å². The number of halogens is 2. The standard InChI is InChI=1S/C10H17F2N3/c11-9(12)7-4-8(7)15-10(13)14-5-6-2-1-3-6/h6-9H,1-5H2,(H3,13,14,15)/t7-,8-/m0/s1. The van der Waals surface area contributed by atoms with Gasteiger partial charge < -0.3 is 11.1 Å². The van der Waals surface area contributed by atoms with Crippen molar-refractivity contribution in [3.8, 4) is 0 Å². The predicted molar refractivity (Wildman–Crippen MR) is 54.9 cm³/mol. The van der Waals surface area contributed by atoms with Crippen LogP contribution in [-0.4, -0.2) is 25.0 Å². The lowest BCUT2D eigenvalue weighted by molar-refractivity contribution is 0.119. The monoisotopic (exact) mass is 217 g/mol. The van der Waals surface area contributed by atoms with E-state index in [2.05, 4.69) is 10.3 Å². The number of hydrogen-bond donors (Lipinski definition) is 2. The van der Waals surface area contributed by atoms with Gasteiger partial charge in [-0.25, -0.2) is 8.78 Å². The van der Waals surface area contributed by atoms with Crippen molar-refractivity contribution in [3.05, 3.63) is 0 Å². The summed E-state index contributed by atoms with van der Waals surface area (Å²) in [4.78, 5) is 4.16. The first-order valence-corrected chi connectivity index (χ1v) is 5.51. The number of nitrogens with zero attached hydrogens (tertiary/aromatic N) is 1. The summed E-state index contributed by atoms with van der Waals surface area (Å²) < 4.78 is 24.4. The minimum absolute atomic E-state index is 0.157. The van der Waals surface area contributed by atoms with E-state index < -0.39 is 12.3 Å². The molecule has 0 aromatic rings. The van der Waals surface area contributed by atoms with Crippen LogP contribution in [0, 0.1) is 11.8 Å². The fourth-order valence-corrected chi connectivity index (χ4v) is 1.80. The molecule has 15 heavy (non-hydrogen) atoms. The normalized spacial score (nSPS) is 31.5. The van der Waals surface area contributed by atoms with Crippen LogP contribution in [0.3, 0.4) is 0 Å². The largest absolute Gasteiger partial charge is 0.370 e. The highest BCUT2D eigenvalue weighted by Crippen LogP contribution is 2.35. The first-order chi connectivity index (χ1) is 7.16. The van der Waals surface area contributed by atoms with Gasteiger partial charge in [0.05, 0.1) is 0 Å². The Bertz CT molecular complexity index is 251. The van der Waals surface area contributed by atoms with Crippen LogP contribution in [0.1, 0.15) is 25.7 Å². The minimum Gasteiger partial charge on any atom is -0.370 e. The highest BCUT2D eigenvalue weighted by atomic mass is 19.3. The van der Waals surface area contributed by atoms with Crippen LogP contribution in [0.25, 0.3) is 0 Å². The Kier molecular flexibility index (Phi) is 3.07. The van der Waals surface area contributed by atoms with Gasteiger partial charge in [0.25, 0.3) is 0 Å². The maximum atomic E-state index is 12.2. The second-order valence-electron chi connectivity index (χ2n) is 4.51. The molecule has 0 aromatic heterocycles. The molecule has 86 valence electrons. The zero-order chi connectivity index (χ0) is 10.8. The molecule has 5 heteroatoms. The number of nitrogens with one attached hydrogen (secondary N) is 1. The average Bonchev–Trinajstić information content (AvgIpc) is 2.80. The third kappa shape index (κ3) is 2.79. The summed E-state index contributed by atoms with van der Waals surface area (Å²) in [7, 11) is 0. The molecule has 0 amide bonds. The molecule has 2 aliphatic rings. The average molecular weight is 217 g/mol. The summed E-state index contributed by atoms with van der Waals surface area (Å²) in [5, 5.41) is 2.84. The molecule has 0 bridgehead atoms. The maximum absolute atomic E-state index is 12.2. The Balaban J connectivity index is 1.66. The molecule has 0 heterocycles. The topological polar surface area (TPSA) is 50.4 Å². The molecule has 0 aliphatic heterocycles. The molecule has 3 N–H and O–H groups in total. The number of hydrogen-bond acceptors (Lipinski definition) is 1. The molecule has 2 fully saturated rings. The molecule has 0 unspecified atom stereocenters. The second kappa shape index (κ2) is 4.33. The highest BCUT2D eigenvalue weighted by Gasteiger charge is 2.44. The highest BCUT2D eigenvalue weighted by molar-refractivity contribution is 5.78. The van der Waals surface area contributed by atoms with Crippen molar-refractivity contribution >= 4 is 5.96 Å². The van der Waals surface area contributed by atoms with Crippen molar-refractivity contribution in [1.82, 2.24) is 5.32 Å². The smallest absolute Gasteiger partial charge is 0.243 e. The Hall–Kier alpha value is -0.870. The van der Waals surface area contributed by atoms with E-state index in [1.807, 2.05) is 0 Å². The molecule has 2 saturated carbocycles. The van der Waals surface area contributed by atoms with E-state index in [1.54, 1.807) is 0 Å². The van der Waals surface area contributed by atoms with Gasteiger partial charge in [0.1, 0.15) is 0 Å². The lowest BCUT2D eigenvalue weighted by Gasteiger charge is -2.23. The first kappa shape index (κ1) is 10.6. The molecule has 2 rings (SSSR count). The van der Waals surface area contributed by atoms with Gasteiger partial charge in [0, 0.05) is 18.5 Å².